The van der Waals surface area contributed by atoms with Crippen LogP contribution in [0.3, 0.4) is 0 Å². The average molecular weight is 552 g/mol. The van der Waals surface area contributed by atoms with Crippen LogP contribution >= 0.6 is 0 Å². The second-order valence-corrected chi connectivity index (χ2v) is 10.9. The highest BCUT2D eigenvalue weighted by Crippen LogP contribution is 2.45. The molecule has 1 saturated carbocycles. The molecule has 0 amide bonds. The van der Waals surface area contributed by atoms with Crippen LogP contribution in [0, 0.1) is 0 Å². The van der Waals surface area contributed by atoms with E-state index in [2.05, 4.69) is 19.8 Å². The van der Waals surface area contributed by atoms with E-state index in [1.807, 2.05) is 83.1 Å². The lowest BCUT2D eigenvalue weighted by molar-refractivity contribution is -0.536. The molecule has 1 aliphatic carbocycles. The topological polar surface area (TPSA) is 137 Å². The summed E-state index contributed by atoms with van der Waals surface area (Å²) in [5.41, 5.74) is 11.4. The number of ether oxygens (including phenoxy) is 2. The van der Waals surface area contributed by atoms with Crippen molar-refractivity contribution in [3.8, 4) is 0 Å². The Balaban J connectivity index is 1.55. The summed E-state index contributed by atoms with van der Waals surface area (Å²) in [6, 6.07) is 15.2. The first-order valence-corrected chi connectivity index (χ1v) is 13.9. The number of carbonyl (C=O) groups is 1. The summed E-state index contributed by atoms with van der Waals surface area (Å²) in [5, 5.41) is 29.9. The van der Waals surface area contributed by atoms with Gasteiger partial charge in [-0.05, 0) is 87.4 Å². The lowest BCUT2D eigenvalue weighted by atomic mass is 9.63. The van der Waals surface area contributed by atoms with Gasteiger partial charge < -0.3 is 29.5 Å². The van der Waals surface area contributed by atoms with Gasteiger partial charge in [0, 0.05) is 49.0 Å². The second kappa shape index (κ2) is 14.4. The summed E-state index contributed by atoms with van der Waals surface area (Å²) in [6.07, 6.45) is -2.01. The fourth-order valence-corrected chi connectivity index (χ4v) is 5.10. The minimum atomic E-state index is -1.00. The molecule has 0 heterocycles. The molecule has 10 heteroatoms. The summed E-state index contributed by atoms with van der Waals surface area (Å²) < 4.78 is 10.7. The normalized spacial score (nSPS) is 20.3. The number of hydrogen-bond acceptors (Lipinski definition) is 8. The van der Waals surface area contributed by atoms with E-state index in [0.717, 1.165) is 35.6 Å². The number of likely N-dealkylation sites (N-methyl/N-ethyl adjacent to an activating group) is 2. The third kappa shape index (κ3) is 8.11. The number of azide groups is 1. The zero-order valence-electron chi connectivity index (χ0n) is 24.2. The van der Waals surface area contributed by atoms with E-state index >= 15 is 0 Å². The molecular formula is C30H41N5O5-2. The highest BCUT2D eigenvalue weighted by atomic mass is 16.6. The number of rotatable bonds is 14. The fraction of sp³-hybridized carbons (Fsp3) is 0.567. The molecule has 0 saturated heterocycles. The smallest absolute Gasteiger partial charge is 0.332 e. The second-order valence-electron chi connectivity index (χ2n) is 10.9. The number of nitrogens with zero attached hydrogens (tertiary/aromatic N) is 5. The lowest BCUT2D eigenvalue weighted by Gasteiger charge is -2.61. The third-order valence-corrected chi connectivity index (χ3v) is 7.14. The van der Waals surface area contributed by atoms with Crippen molar-refractivity contribution in [1.82, 2.24) is 0 Å². The van der Waals surface area contributed by atoms with Gasteiger partial charge in [-0.15, -0.1) is 12.2 Å². The van der Waals surface area contributed by atoms with Gasteiger partial charge in [-0.3, -0.25) is 0 Å². The summed E-state index contributed by atoms with van der Waals surface area (Å²) in [5.74, 6) is -1.55. The van der Waals surface area contributed by atoms with Crippen LogP contribution in [0.2, 0.25) is 0 Å². The Kier molecular flexibility index (Phi) is 11.2. The van der Waals surface area contributed by atoms with E-state index in [1.54, 1.807) is 0 Å². The van der Waals surface area contributed by atoms with Crippen LogP contribution in [0.4, 0.5) is 11.4 Å². The zero-order valence-corrected chi connectivity index (χ0v) is 24.2. The molecule has 0 spiro atoms. The molecule has 3 rings (SSSR count). The number of esters is 1. The van der Waals surface area contributed by atoms with Crippen LogP contribution in [0.25, 0.3) is 10.4 Å². The highest BCUT2D eigenvalue weighted by Gasteiger charge is 2.38. The summed E-state index contributed by atoms with van der Waals surface area (Å²) in [7, 11) is 0. The van der Waals surface area contributed by atoms with Gasteiger partial charge in [0.2, 0.25) is 0 Å². The average Bonchev–Trinajstić information content (AvgIpc) is 2.91. The Labute approximate surface area is 237 Å². The van der Waals surface area contributed by atoms with E-state index in [1.165, 1.54) is 0 Å². The van der Waals surface area contributed by atoms with Crippen molar-refractivity contribution in [2.24, 2.45) is 5.11 Å². The summed E-state index contributed by atoms with van der Waals surface area (Å²) in [4.78, 5) is 18.8. The molecule has 0 aliphatic heterocycles. The number of anilines is 2. The first-order chi connectivity index (χ1) is 19.1. The molecule has 2 atom stereocenters. The summed E-state index contributed by atoms with van der Waals surface area (Å²) in [6.45, 7) is 12.8. The molecular weight excluding hydrogens is 510 g/mol. The van der Waals surface area contributed by atoms with Crippen LogP contribution in [-0.2, 0) is 14.3 Å². The standard InChI is InChI=1S/C30H41N5O5/c1-6-34(17-16-32-33-31)23-12-8-21(9-13-23)26-28(37)27(29(26)38)22-10-14-24(15-11-22)35(7-2)18-19-39-20-25(36)40-30(3,4)5/h8-15,26-29H,6-7,16-20H2,1-5H3/q-2. The van der Waals surface area contributed by atoms with Gasteiger partial charge in [-0.2, -0.15) is 0 Å². The molecule has 1 aliphatic rings. The van der Waals surface area contributed by atoms with Crippen LogP contribution in [-0.4, -0.2) is 69.7 Å². The maximum absolute atomic E-state index is 13.2. The zero-order chi connectivity index (χ0) is 29.3. The Morgan fingerprint density at radius 1 is 0.900 bits per heavy atom. The van der Waals surface area contributed by atoms with Crippen molar-refractivity contribution >= 4 is 17.3 Å². The van der Waals surface area contributed by atoms with E-state index < -0.39 is 29.6 Å². The van der Waals surface area contributed by atoms with Crippen LogP contribution in [0.1, 0.15) is 57.6 Å². The Morgan fingerprint density at radius 2 is 1.38 bits per heavy atom. The predicted molar refractivity (Wildman–Crippen MR) is 152 cm³/mol. The lowest BCUT2D eigenvalue weighted by Crippen LogP contribution is -2.63. The van der Waals surface area contributed by atoms with Crippen LogP contribution < -0.4 is 20.0 Å². The summed E-state index contributed by atoms with van der Waals surface area (Å²) >= 11 is 0. The van der Waals surface area contributed by atoms with Crippen molar-refractivity contribution in [1.29, 1.82) is 0 Å². The molecule has 0 radical (unpaired) electrons. The van der Waals surface area contributed by atoms with Crippen LogP contribution in [0.5, 0.6) is 0 Å². The van der Waals surface area contributed by atoms with Crippen molar-refractivity contribution in [2.45, 2.75) is 64.3 Å². The van der Waals surface area contributed by atoms with Gasteiger partial charge in [0.15, 0.2) is 0 Å². The quantitative estimate of drug-likeness (QED) is 0.115. The van der Waals surface area contributed by atoms with Gasteiger partial charge >= 0.3 is 5.97 Å². The molecule has 40 heavy (non-hydrogen) atoms. The monoisotopic (exact) mass is 551 g/mol. The maximum atomic E-state index is 13.2. The molecule has 2 aromatic rings. The van der Waals surface area contributed by atoms with Gasteiger partial charge in [0.25, 0.3) is 0 Å². The molecule has 0 bridgehead atoms. The Hall–Kier alpha value is -3.30. The molecule has 2 aromatic carbocycles. The molecule has 0 N–H and O–H groups in total. The molecule has 218 valence electrons. The number of carbonyl (C=O) groups excluding carboxylic acids is 1. The van der Waals surface area contributed by atoms with Crippen molar-refractivity contribution in [3.05, 3.63) is 70.1 Å². The minimum absolute atomic E-state index is 0.0939. The van der Waals surface area contributed by atoms with Crippen LogP contribution in [0.15, 0.2) is 53.6 Å². The number of hydrogen-bond donors (Lipinski definition) is 0. The van der Waals surface area contributed by atoms with E-state index in [0.29, 0.717) is 26.2 Å². The minimum Gasteiger partial charge on any atom is -0.851 e. The Bertz CT molecular complexity index is 1120. The molecule has 0 aromatic heterocycles. The van der Waals surface area contributed by atoms with Crippen molar-refractivity contribution in [2.75, 3.05) is 55.7 Å². The molecule has 10 nitrogen and oxygen atoms in total. The Morgan fingerprint density at radius 3 is 1.80 bits per heavy atom. The van der Waals surface area contributed by atoms with Gasteiger partial charge in [0.1, 0.15) is 12.2 Å². The largest absolute Gasteiger partial charge is 0.851 e. The first kappa shape index (κ1) is 31.2. The van der Waals surface area contributed by atoms with E-state index in [4.69, 9.17) is 15.0 Å². The fourth-order valence-electron chi connectivity index (χ4n) is 5.10. The maximum Gasteiger partial charge on any atom is 0.332 e. The van der Waals surface area contributed by atoms with Gasteiger partial charge in [0.05, 0.1) is 6.61 Å². The van der Waals surface area contributed by atoms with Gasteiger partial charge in [-0.25, -0.2) is 4.79 Å². The van der Waals surface area contributed by atoms with Crippen molar-refractivity contribution in [3.63, 3.8) is 0 Å². The van der Waals surface area contributed by atoms with E-state index in [9.17, 15) is 15.0 Å². The molecule has 2 unspecified atom stereocenters. The van der Waals surface area contributed by atoms with Gasteiger partial charge in [-0.1, -0.05) is 29.4 Å². The first-order valence-electron chi connectivity index (χ1n) is 13.9. The SMILES string of the molecule is CCN(CCN=[N+]=[N-])c1ccc(C2C([O-])C(c3ccc(N(CC)CCOCC(=O)OC(C)(C)C)cc3)C2[O-])cc1. The third-order valence-electron chi connectivity index (χ3n) is 7.14. The molecule has 1 fully saturated rings. The van der Waals surface area contributed by atoms with E-state index in [-0.39, 0.29) is 12.6 Å². The predicted octanol–water partition coefficient (Wildman–Crippen LogP) is 3.35. The van der Waals surface area contributed by atoms with Crippen molar-refractivity contribution < 1.29 is 24.5 Å². The highest BCUT2D eigenvalue weighted by molar-refractivity contribution is 5.71. The number of benzene rings is 2.